The number of hydrogen-bond acceptors (Lipinski definition) is 7. The molecule has 11 heteroatoms. The molecule has 1 aromatic carbocycles. The third kappa shape index (κ3) is 5.30. The van der Waals surface area contributed by atoms with E-state index in [1.807, 2.05) is 6.92 Å². The van der Waals surface area contributed by atoms with Crippen LogP contribution in [0.25, 0.3) is 0 Å². The summed E-state index contributed by atoms with van der Waals surface area (Å²) in [7, 11) is -3.68. The third-order valence-corrected chi connectivity index (χ3v) is 6.42. The summed E-state index contributed by atoms with van der Waals surface area (Å²) >= 11 is 8.60. The first-order valence-corrected chi connectivity index (χ1v) is 11.3. The Morgan fingerprint density at radius 3 is 2.56 bits per heavy atom. The van der Waals surface area contributed by atoms with E-state index < -0.39 is 22.0 Å². The molecule has 25 heavy (non-hydrogen) atoms. The molecule has 0 aliphatic rings. The summed E-state index contributed by atoms with van der Waals surface area (Å²) in [5, 5.41) is 11.3. The quantitative estimate of drug-likeness (QED) is 0.546. The van der Waals surface area contributed by atoms with Crippen LogP contribution in [-0.4, -0.2) is 42.6 Å². The molecule has 1 unspecified atom stereocenters. The van der Waals surface area contributed by atoms with Crippen molar-refractivity contribution in [3.05, 3.63) is 29.3 Å². The van der Waals surface area contributed by atoms with Crippen LogP contribution in [0, 0.1) is 0 Å². The molecule has 0 bridgehead atoms. The number of aromatic nitrogens is 2. The Kier molecular flexibility index (Phi) is 6.66. The number of halogens is 1. The van der Waals surface area contributed by atoms with Crippen molar-refractivity contribution in [3.8, 4) is 0 Å². The second-order valence-corrected chi connectivity index (χ2v) is 9.79. The van der Waals surface area contributed by atoms with Gasteiger partial charge in [0.05, 0.1) is 11.9 Å². The van der Waals surface area contributed by atoms with E-state index in [1.165, 1.54) is 30.0 Å². The summed E-state index contributed by atoms with van der Waals surface area (Å²) in [6, 6.07) is 5.27. The Hall–Kier alpha value is -1.36. The zero-order valence-corrected chi connectivity index (χ0v) is 17.0. The van der Waals surface area contributed by atoms with E-state index in [9.17, 15) is 13.2 Å². The number of benzene rings is 1. The predicted molar refractivity (Wildman–Crippen MR) is 103 cm³/mol. The molecular formula is C14H17ClN4O3S3. The first kappa shape index (κ1) is 20.0. The van der Waals surface area contributed by atoms with Gasteiger partial charge in [-0.15, -0.1) is 10.2 Å². The first-order valence-electron chi connectivity index (χ1n) is 7.24. The van der Waals surface area contributed by atoms with Crippen LogP contribution in [0.4, 0.5) is 10.8 Å². The van der Waals surface area contributed by atoms with Gasteiger partial charge in [0.25, 0.3) is 0 Å². The second kappa shape index (κ2) is 8.35. The molecule has 1 amide bonds. The Labute approximate surface area is 159 Å². The Morgan fingerprint density at radius 2 is 2.00 bits per heavy atom. The van der Waals surface area contributed by atoms with E-state index in [4.69, 9.17) is 11.6 Å². The van der Waals surface area contributed by atoms with E-state index in [0.29, 0.717) is 15.8 Å². The summed E-state index contributed by atoms with van der Waals surface area (Å²) in [5.41, 5.74) is 0.356. The lowest BCUT2D eigenvalue weighted by Crippen LogP contribution is -2.45. The number of nitrogens with zero attached hydrogens (tertiary/aromatic N) is 3. The molecule has 2 aromatic rings. The molecule has 0 spiro atoms. The fourth-order valence-electron chi connectivity index (χ4n) is 2.05. The highest BCUT2D eigenvalue weighted by Crippen LogP contribution is 2.26. The maximum Gasteiger partial charge on any atom is 0.249 e. The van der Waals surface area contributed by atoms with Gasteiger partial charge in [-0.3, -0.25) is 14.4 Å². The monoisotopic (exact) mass is 420 g/mol. The van der Waals surface area contributed by atoms with E-state index >= 15 is 0 Å². The number of sulfonamides is 1. The minimum Gasteiger partial charge on any atom is -0.299 e. The zero-order chi connectivity index (χ0) is 18.6. The normalized spacial score (nSPS) is 12.6. The molecule has 136 valence electrons. The molecule has 0 aliphatic carbocycles. The largest absolute Gasteiger partial charge is 0.299 e. The van der Waals surface area contributed by atoms with Gasteiger partial charge in [0.15, 0.2) is 4.34 Å². The molecular weight excluding hydrogens is 404 g/mol. The number of amides is 1. The van der Waals surface area contributed by atoms with Crippen LogP contribution in [0.5, 0.6) is 0 Å². The third-order valence-electron chi connectivity index (χ3n) is 3.07. The summed E-state index contributed by atoms with van der Waals surface area (Å²) < 4.78 is 26.2. The summed E-state index contributed by atoms with van der Waals surface area (Å²) in [4.78, 5) is 12.5. The van der Waals surface area contributed by atoms with Crippen molar-refractivity contribution in [3.63, 3.8) is 0 Å². The molecule has 0 saturated heterocycles. The maximum absolute atomic E-state index is 12.5. The minimum absolute atomic E-state index is 0.331. The summed E-state index contributed by atoms with van der Waals surface area (Å²) in [6.45, 7) is 3.50. The Balaban J connectivity index is 2.21. The van der Waals surface area contributed by atoms with E-state index in [-0.39, 0.29) is 0 Å². The SMILES string of the molecule is CCSc1nnc(NC(=O)C(C)N(c2ccc(Cl)cc2)S(C)(=O)=O)s1. The van der Waals surface area contributed by atoms with E-state index in [0.717, 1.165) is 20.7 Å². The van der Waals surface area contributed by atoms with Gasteiger partial charge >= 0.3 is 0 Å². The number of nitrogens with one attached hydrogen (secondary N) is 1. The number of carbonyl (C=O) groups excluding carboxylic acids is 1. The van der Waals surface area contributed by atoms with Crippen molar-refractivity contribution < 1.29 is 13.2 Å². The molecule has 0 aliphatic heterocycles. The topological polar surface area (TPSA) is 92.3 Å². The van der Waals surface area contributed by atoms with E-state index in [2.05, 4.69) is 15.5 Å². The Bertz CT molecular complexity index is 839. The predicted octanol–water partition coefficient (Wildman–Crippen LogP) is 3.10. The number of thioether (sulfide) groups is 1. The van der Waals surface area contributed by atoms with Crippen LogP contribution in [0.15, 0.2) is 28.6 Å². The van der Waals surface area contributed by atoms with Crippen molar-refractivity contribution in [2.75, 3.05) is 21.6 Å². The molecule has 0 radical (unpaired) electrons. The molecule has 1 heterocycles. The second-order valence-electron chi connectivity index (χ2n) is 5.01. The van der Waals surface area contributed by atoms with Gasteiger partial charge in [-0.2, -0.15) is 0 Å². The molecule has 0 saturated carbocycles. The highest BCUT2D eigenvalue weighted by molar-refractivity contribution is 8.01. The van der Waals surface area contributed by atoms with Crippen LogP contribution in [0.1, 0.15) is 13.8 Å². The fourth-order valence-corrected chi connectivity index (χ4v) is 5.00. The first-order chi connectivity index (χ1) is 11.7. The van der Waals surface area contributed by atoms with Gasteiger partial charge in [0.1, 0.15) is 6.04 Å². The van der Waals surface area contributed by atoms with Crippen molar-refractivity contribution in [1.82, 2.24) is 10.2 Å². The van der Waals surface area contributed by atoms with Gasteiger partial charge in [-0.25, -0.2) is 8.42 Å². The minimum atomic E-state index is -3.68. The number of carbonyl (C=O) groups is 1. The molecule has 1 atom stereocenters. The number of rotatable bonds is 7. The highest BCUT2D eigenvalue weighted by atomic mass is 35.5. The molecule has 1 aromatic heterocycles. The van der Waals surface area contributed by atoms with Crippen LogP contribution < -0.4 is 9.62 Å². The molecule has 1 N–H and O–H groups in total. The molecule has 0 fully saturated rings. The highest BCUT2D eigenvalue weighted by Gasteiger charge is 2.29. The van der Waals surface area contributed by atoms with Crippen LogP contribution in [0.3, 0.4) is 0 Å². The Morgan fingerprint density at radius 1 is 1.36 bits per heavy atom. The van der Waals surface area contributed by atoms with Crippen LogP contribution in [0.2, 0.25) is 5.02 Å². The number of anilines is 2. The van der Waals surface area contributed by atoms with Crippen molar-refractivity contribution >= 4 is 61.4 Å². The average molecular weight is 421 g/mol. The lowest BCUT2D eigenvalue weighted by Gasteiger charge is -2.27. The lowest BCUT2D eigenvalue weighted by atomic mass is 10.2. The van der Waals surface area contributed by atoms with Crippen molar-refractivity contribution in [1.29, 1.82) is 0 Å². The van der Waals surface area contributed by atoms with Crippen molar-refractivity contribution in [2.24, 2.45) is 0 Å². The smallest absolute Gasteiger partial charge is 0.249 e. The molecule has 7 nitrogen and oxygen atoms in total. The maximum atomic E-state index is 12.5. The standard InChI is InChI=1S/C14H17ClN4O3S3/c1-4-23-14-18-17-13(24-14)16-12(20)9(2)19(25(3,21)22)11-7-5-10(15)6-8-11/h5-9H,4H2,1-3H3,(H,16,17,20). The van der Waals surface area contributed by atoms with Gasteiger partial charge in [0, 0.05) is 5.02 Å². The molecule has 2 rings (SSSR count). The zero-order valence-electron chi connectivity index (χ0n) is 13.8. The van der Waals surface area contributed by atoms with Gasteiger partial charge < -0.3 is 0 Å². The summed E-state index contributed by atoms with van der Waals surface area (Å²) in [6.07, 6.45) is 1.05. The lowest BCUT2D eigenvalue weighted by molar-refractivity contribution is -0.116. The van der Waals surface area contributed by atoms with Gasteiger partial charge in [-0.1, -0.05) is 41.6 Å². The van der Waals surface area contributed by atoms with Crippen LogP contribution in [-0.2, 0) is 14.8 Å². The van der Waals surface area contributed by atoms with Gasteiger partial charge in [-0.05, 0) is 36.9 Å². The van der Waals surface area contributed by atoms with Crippen molar-refractivity contribution in [2.45, 2.75) is 24.2 Å². The average Bonchev–Trinajstić information content (AvgIpc) is 2.95. The summed E-state index contributed by atoms with van der Waals surface area (Å²) in [5.74, 6) is 0.349. The van der Waals surface area contributed by atoms with Gasteiger partial charge in [0.2, 0.25) is 21.1 Å². The fraction of sp³-hybridized carbons (Fsp3) is 0.357. The van der Waals surface area contributed by atoms with Crippen LogP contribution >= 0.6 is 34.7 Å². The van der Waals surface area contributed by atoms with E-state index in [1.54, 1.807) is 24.3 Å². The number of hydrogen-bond donors (Lipinski definition) is 1.